The van der Waals surface area contributed by atoms with Crippen LogP contribution >= 0.6 is 0 Å². The Labute approximate surface area is 132 Å². The summed E-state index contributed by atoms with van der Waals surface area (Å²) in [5.41, 5.74) is 1.10. The van der Waals surface area contributed by atoms with E-state index in [1.807, 2.05) is 29.2 Å². The molecule has 22 heavy (non-hydrogen) atoms. The highest BCUT2D eigenvalue weighted by Crippen LogP contribution is 2.38. The largest absolute Gasteiger partial charge is 0.497 e. The van der Waals surface area contributed by atoms with Gasteiger partial charge in [0.25, 0.3) is 0 Å². The fraction of sp³-hybridized carbons (Fsp3) is 0.611. The maximum atomic E-state index is 12.3. The lowest BCUT2D eigenvalue weighted by molar-refractivity contribution is -0.129. The molecule has 3 rings (SSSR count). The molecule has 1 aromatic carbocycles. The summed E-state index contributed by atoms with van der Waals surface area (Å²) in [6, 6.07) is 7.89. The fourth-order valence-electron chi connectivity index (χ4n) is 3.34. The number of amides is 1. The molecule has 1 heterocycles. The van der Waals surface area contributed by atoms with E-state index >= 15 is 0 Å². The summed E-state index contributed by atoms with van der Waals surface area (Å²) in [7, 11) is 1.65. The third-order valence-corrected chi connectivity index (χ3v) is 5.07. The molecule has 1 aliphatic carbocycles. The number of likely N-dealkylation sites (tertiary alicyclic amines) is 1. The van der Waals surface area contributed by atoms with Crippen LogP contribution in [0.3, 0.4) is 0 Å². The maximum Gasteiger partial charge on any atom is 0.223 e. The van der Waals surface area contributed by atoms with Crippen LogP contribution in [0.5, 0.6) is 5.75 Å². The molecule has 3 atom stereocenters. The molecular weight excluding hydrogens is 278 g/mol. The van der Waals surface area contributed by atoms with Gasteiger partial charge in [-0.15, -0.1) is 0 Å². The molecule has 2 aliphatic rings. The topological polar surface area (TPSA) is 49.8 Å². The van der Waals surface area contributed by atoms with Gasteiger partial charge in [0.1, 0.15) is 5.75 Å². The number of ether oxygens (including phenoxy) is 1. The van der Waals surface area contributed by atoms with E-state index in [4.69, 9.17) is 4.74 Å². The van der Waals surface area contributed by atoms with Crippen LogP contribution in [-0.4, -0.2) is 35.7 Å². The van der Waals surface area contributed by atoms with Crippen LogP contribution in [-0.2, 0) is 4.79 Å². The van der Waals surface area contributed by atoms with Crippen LogP contribution in [0.4, 0.5) is 0 Å². The van der Waals surface area contributed by atoms with Crippen molar-refractivity contribution >= 4 is 5.91 Å². The zero-order valence-corrected chi connectivity index (χ0v) is 13.4. The van der Waals surface area contributed by atoms with E-state index in [-0.39, 0.29) is 24.0 Å². The second-order valence-corrected chi connectivity index (χ2v) is 6.71. The van der Waals surface area contributed by atoms with Crippen LogP contribution in [0.15, 0.2) is 24.3 Å². The van der Waals surface area contributed by atoms with Gasteiger partial charge in [-0.05, 0) is 37.0 Å². The van der Waals surface area contributed by atoms with Crippen molar-refractivity contribution in [3.8, 4) is 5.75 Å². The SMILES string of the molecule is COc1ccc([C@@H](C)N2C[C@H]([C@H](O)CC3CC3)CC2=O)cc1. The van der Waals surface area contributed by atoms with Gasteiger partial charge in [-0.3, -0.25) is 4.79 Å². The highest BCUT2D eigenvalue weighted by atomic mass is 16.5. The third-order valence-electron chi connectivity index (χ3n) is 5.07. The van der Waals surface area contributed by atoms with Crippen LogP contribution in [0.25, 0.3) is 0 Å². The molecule has 2 fully saturated rings. The number of nitrogens with zero attached hydrogens (tertiary/aromatic N) is 1. The monoisotopic (exact) mass is 303 g/mol. The summed E-state index contributed by atoms with van der Waals surface area (Å²) in [6.45, 7) is 2.72. The Morgan fingerprint density at radius 2 is 2.00 bits per heavy atom. The van der Waals surface area contributed by atoms with Crippen LogP contribution < -0.4 is 4.74 Å². The minimum absolute atomic E-state index is 0.0385. The first kappa shape index (κ1) is 15.3. The Morgan fingerprint density at radius 1 is 1.32 bits per heavy atom. The second kappa shape index (κ2) is 6.29. The van der Waals surface area contributed by atoms with E-state index in [0.717, 1.165) is 17.7 Å². The average Bonchev–Trinajstić information content (AvgIpc) is 3.26. The molecule has 120 valence electrons. The standard InChI is InChI=1S/C18H25NO3/c1-12(14-5-7-16(22-2)8-6-14)19-11-15(10-18(19)21)17(20)9-13-3-4-13/h5-8,12-13,15,17,20H,3-4,9-11H2,1-2H3/t12-,15-,17-/m1/s1. The van der Waals surface area contributed by atoms with E-state index in [2.05, 4.69) is 6.92 Å². The number of rotatable bonds is 6. The van der Waals surface area contributed by atoms with E-state index < -0.39 is 0 Å². The van der Waals surface area contributed by atoms with Crippen molar-refractivity contribution in [1.82, 2.24) is 4.90 Å². The molecule has 0 radical (unpaired) electrons. The van der Waals surface area contributed by atoms with Gasteiger partial charge in [-0.2, -0.15) is 0 Å². The van der Waals surface area contributed by atoms with E-state index in [0.29, 0.717) is 18.9 Å². The summed E-state index contributed by atoms with van der Waals surface area (Å²) in [5, 5.41) is 10.3. The Bertz CT molecular complexity index is 524. The molecule has 0 spiro atoms. The van der Waals surface area contributed by atoms with Crippen LogP contribution in [0.2, 0.25) is 0 Å². The number of carbonyl (C=O) groups is 1. The molecule has 4 heteroatoms. The Kier molecular flexibility index (Phi) is 4.39. The average molecular weight is 303 g/mol. The predicted molar refractivity (Wildman–Crippen MR) is 84.6 cm³/mol. The number of methoxy groups -OCH3 is 1. The lowest BCUT2D eigenvalue weighted by Crippen LogP contribution is -2.30. The Balaban J connectivity index is 1.63. The molecule has 1 aliphatic heterocycles. The van der Waals surface area contributed by atoms with Gasteiger partial charge in [0, 0.05) is 18.9 Å². The minimum Gasteiger partial charge on any atom is -0.497 e. The molecule has 1 saturated carbocycles. The summed E-state index contributed by atoms with van der Waals surface area (Å²) >= 11 is 0. The first-order valence-electron chi connectivity index (χ1n) is 8.20. The molecule has 1 amide bonds. The zero-order valence-electron chi connectivity index (χ0n) is 13.4. The Morgan fingerprint density at radius 3 is 2.59 bits per heavy atom. The maximum absolute atomic E-state index is 12.3. The highest BCUT2D eigenvalue weighted by Gasteiger charge is 2.38. The lowest BCUT2D eigenvalue weighted by atomic mass is 9.97. The molecule has 1 N–H and O–H groups in total. The van der Waals surface area contributed by atoms with Gasteiger partial charge < -0.3 is 14.7 Å². The first-order valence-corrected chi connectivity index (χ1v) is 8.20. The number of hydrogen-bond acceptors (Lipinski definition) is 3. The highest BCUT2D eigenvalue weighted by molar-refractivity contribution is 5.79. The number of benzene rings is 1. The summed E-state index contributed by atoms with van der Waals surface area (Å²) < 4.78 is 5.17. The van der Waals surface area contributed by atoms with E-state index in [1.54, 1.807) is 7.11 Å². The zero-order chi connectivity index (χ0) is 15.7. The molecule has 1 saturated heterocycles. The molecule has 0 bridgehead atoms. The second-order valence-electron chi connectivity index (χ2n) is 6.71. The van der Waals surface area contributed by atoms with Gasteiger partial charge in [0.05, 0.1) is 19.3 Å². The summed E-state index contributed by atoms with van der Waals surface area (Å²) in [5.74, 6) is 1.76. The van der Waals surface area contributed by atoms with Crippen molar-refractivity contribution in [2.45, 2.75) is 44.8 Å². The predicted octanol–water partition coefficient (Wildman–Crippen LogP) is 2.77. The molecule has 1 aromatic rings. The smallest absolute Gasteiger partial charge is 0.223 e. The van der Waals surface area contributed by atoms with Crippen molar-refractivity contribution in [2.24, 2.45) is 11.8 Å². The minimum atomic E-state index is -0.329. The van der Waals surface area contributed by atoms with Crippen LogP contribution in [0, 0.1) is 11.8 Å². The fourth-order valence-corrected chi connectivity index (χ4v) is 3.34. The van der Waals surface area contributed by atoms with Crippen molar-refractivity contribution in [1.29, 1.82) is 0 Å². The normalized spacial score (nSPS) is 24.4. The number of aliphatic hydroxyl groups excluding tert-OH is 1. The number of hydrogen-bond donors (Lipinski definition) is 1. The number of aliphatic hydroxyl groups is 1. The van der Waals surface area contributed by atoms with Gasteiger partial charge in [-0.25, -0.2) is 0 Å². The van der Waals surface area contributed by atoms with Gasteiger partial charge in [0.15, 0.2) is 0 Å². The van der Waals surface area contributed by atoms with Gasteiger partial charge in [-0.1, -0.05) is 25.0 Å². The quantitative estimate of drug-likeness (QED) is 0.879. The Hall–Kier alpha value is -1.55. The molecule has 4 nitrogen and oxygen atoms in total. The summed E-state index contributed by atoms with van der Waals surface area (Å²) in [4.78, 5) is 14.2. The van der Waals surface area contributed by atoms with E-state index in [9.17, 15) is 9.90 Å². The third kappa shape index (κ3) is 3.27. The summed E-state index contributed by atoms with van der Waals surface area (Å²) in [6.07, 6.45) is 3.49. The molecule has 0 aromatic heterocycles. The van der Waals surface area contributed by atoms with Crippen LogP contribution in [0.1, 0.15) is 44.2 Å². The molecule has 0 unspecified atom stereocenters. The lowest BCUT2D eigenvalue weighted by Gasteiger charge is -2.26. The van der Waals surface area contributed by atoms with Crippen molar-refractivity contribution in [3.05, 3.63) is 29.8 Å². The number of carbonyl (C=O) groups excluding carboxylic acids is 1. The molecular formula is C18H25NO3. The van der Waals surface area contributed by atoms with Crippen molar-refractivity contribution in [2.75, 3.05) is 13.7 Å². The van der Waals surface area contributed by atoms with Crippen molar-refractivity contribution in [3.63, 3.8) is 0 Å². The van der Waals surface area contributed by atoms with Crippen molar-refractivity contribution < 1.29 is 14.6 Å². The first-order chi connectivity index (χ1) is 10.6. The van der Waals surface area contributed by atoms with Gasteiger partial charge >= 0.3 is 0 Å². The van der Waals surface area contributed by atoms with E-state index in [1.165, 1.54) is 12.8 Å². The van der Waals surface area contributed by atoms with Gasteiger partial charge in [0.2, 0.25) is 5.91 Å².